The highest BCUT2D eigenvalue weighted by molar-refractivity contribution is 5.52. The fourth-order valence-electron chi connectivity index (χ4n) is 2.85. The Balaban J connectivity index is 2.20. The Kier molecular flexibility index (Phi) is 3.57. The van der Waals surface area contributed by atoms with Crippen LogP contribution >= 0.6 is 0 Å². The van der Waals surface area contributed by atoms with Crippen LogP contribution in [-0.2, 0) is 0 Å². The van der Waals surface area contributed by atoms with Crippen LogP contribution in [0.4, 0.5) is 5.69 Å². The van der Waals surface area contributed by atoms with E-state index >= 15 is 0 Å². The third-order valence-corrected chi connectivity index (χ3v) is 3.84. The van der Waals surface area contributed by atoms with E-state index in [1.165, 1.54) is 5.69 Å². The molecule has 0 aromatic heterocycles. The van der Waals surface area contributed by atoms with Crippen molar-refractivity contribution in [1.29, 1.82) is 0 Å². The molecule has 0 saturated carbocycles. The summed E-state index contributed by atoms with van der Waals surface area (Å²) in [5.74, 6) is 1.26. The van der Waals surface area contributed by atoms with E-state index in [1.807, 2.05) is 12.1 Å². The minimum Gasteiger partial charge on any atom is -0.497 e. The Hall–Kier alpha value is -1.22. The summed E-state index contributed by atoms with van der Waals surface area (Å²) >= 11 is 0. The molecule has 1 aliphatic rings. The van der Waals surface area contributed by atoms with Crippen LogP contribution in [0.15, 0.2) is 24.3 Å². The van der Waals surface area contributed by atoms with Crippen LogP contribution in [0, 0.1) is 5.92 Å². The molecule has 0 aliphatic carbocycles. The van der Waals surface area contributed by atoms with Crippen molar-refractivity contribution in [3.05, 3.63) is 24.3 Å². The monoisotopic (exact) mass is 235 g/mol. The van der Waals surface area contributed by atoms with Crippen molar-refractivity contribution in [3.63, 3.8) is 0 Å². The molecule has 0 spiro atoms. The lowest BCUT2D eigenvalue weighted by Crippen LogP contribution is -2.34. The van der Waals surface area contributed by atoms with Crippen LogP contribution < -0.4 is 9.64 Å². The zero-order valence-electron chi connectivity index (χ0n) is 10.8. The molecular weight excluding hydrogens is 214 g/mol. The van der Waals surface area contributed by atoms with Gasteiger partial charge in [-0.3, -0.25) is 0 Å². The van der Waals surface area contributed by atoms with E-state index in [2.05, 4.69) is 30.9 Å². The lowest BCUT2D eigenvalue weighted by atomic mass is 10.0. The third kappa shape index (κ3) is 2.25. The average molecular weight is 235 g/mol. The first kappa shape index (κ1) is 12.2. The van der Waals surface area contributed by atoms with E-state index in [1.54, 1.807) is 7.11 Å². The van der Waals surface area contributed by atoms with Crippen molar-refractivity contribution < 1.29 is 9.84 Å². The van der Waals surface area contributed by atoms with Gasteiger partial charge in [-0.1, -0.05) is 0 Å². The number of nitrogens with zero attached hydrogens (tertiary/aromatic N) is 1. The van der Waals surface area contributed by atoms with Gasteiger partial charge in [-0.2, -0.15) is 0 Å². The molecule has 94 valence electrons. The Bertz CT molecular complexity index is 363. The van der Waals surface area contributed by atoms with Gasteiger partial charge in [0.05, 0.1) is 7.11 Å². The average Bonchev–Trinajstić information content (AvgIpc) is 2.64. The Labute approximate surface area is 103 Å². The topological polar surface area (TPSA) is 32.7 Å². The molecule has 3 unspecified atom stereocenters. The summed E-state index contributed by atoms with van der Waals surface area (Å²) in [5.41, 5.74) is 1.21. The maximum Gasteiger partial charge on any atom is 0.119 e. The lowest BCUT2D eigenvalue weighted by Gasteiger charge is -2.29. The second-order valence-electron chi connectivity index (χ2n) is 4.87. The van der Waals surface area contributed by atoms with E-state index in [0.29, 0.717) is 18.0 Å². The first-order valence-corrected chi connectivity index (χ1v) is 6.20. The molecule has 17 heavy (non-hydrogen) atoms. The highest BCUT2D eigenvalue weighted by Gasteiger charge is 2.35. The summed E-state index contributed by atoms with van der Waals surface area (Å²) in [4.78, 5) is 2.39. The number of ether oxygens (including phenoxy) is 1. The summed E-state index contributed by atoms with van der Waals surface area (Å²) in [6.07, 6.45) is 1.06. The maximum atomic E-state index is 9.35. The van der Waals surface area contributed by atoms with E-state index in [0.717, 1.165) is 12.2 Å². The number of hydrogen-bond donors (Lipinski definition) is 1. The smallest absolute Gasteiger partial charge is 0.119 e. The quantitative estimate of drug-likeness (QED) is 0.872. The number of hydrogen-bond acceptors (Lipinski definition) is 3. The highest BCUT2D eigenvalue weighted by Crippen LogP contribution is 2.34. The van der Waals surface area contributed by atoms with Crippen molar-refractivity contribution in [2.24, 2.45) is 5.92 Å². The molecule has 3 atom stereocenters. The number of rotatable bonds is 3. The second kappa shape index (κ2) is 4.96. The molecule has 0 amide bonds. The summed E-state index contributed by atoms with van der Waals surface area (Å²) < 4.78 is 5.17. The third-order valence-electron chi connectivity index (χ3n) is 3.84. The predicted molar refractivity (Wildman–Crippen MR) is 69.6 cm³/mol. The molecule has 1 N–H and O–H groups in total. The predicted octanol–water partition coefficient (Wildman–Crippen LogP) is 2.29. The van der Waals surface area contributed by atoms with Gasteiger partial charge in [0.15, 0.2) is 0 Å². The number of benzene rings is 1. The summed E-state index contributed by atoms with van der Waals surface area (Å²) in [6, 6.07) is 9.03. The van der Waals surface area contributed by atoms with Gasteiger partial charge in [0.1, 0.15) is 5.75 Å². The van der Waals surface area contributed by atoms with Gasteiger partial charge in [-0.05, 0) is 44.5 Å². The molecule has 0 radical (unpaired) electrons. The van der Waals surface area contributed by atoms with E-state index < -0.39 is 0 Å². The van der Waals surface area contributed by atoms with Crippen molar-refractivity contribution in [3.8, 4) is 5.75 Å². The van der Waals surface area contributed by atoms with Crippen LogP contribution in [0.3, 0.4) is 0 Å². The maximum absolute atomic E-state index is 9.35. The molecule has 1 saturated heterocycles. The van der Waals surface area contributed by atoms with Crippen molar-refractivity contribution in [2.45, 2.75) is 32.4 Å². The summed E-state index contributed by atoms with van der Waals surface area (Å²) in [7, 11) is 1.68. The van der Waals surface area contributed by atoms with Crippen molar-refractivity contribution >= 4 is 5.69 Å². The SMILES string of the molecule is COc1ccc(N2C(C)CC(CO)C2C)cc1. The number of aliphatic hydroxyl groups excluding tert-OH is 1. The minimum absolute atomic E-state index is 0.276. The molecule has 1 fully saturated rings. The normalized spacial score (nSPS) is 28.5. The fraction of sp³-hybridized carbons (Fsp3) is 0.571. The van der Waals surface area contributed by atoms with Crippen LogP contribution in [0.5, 0.6) is 5.75 Å². The first-order chi connectivity index (χ1) is 8.17. The Morgan fingerprint density at radius 2 is 1.94 bits per heavy atom. The molecule has 1 heterocycles. The largest absolute Gasteiger partial charge is 0.497 e. The molecule has 1 aromatic carbocycles. The molecule has 3 heteroatoms. The van der Waals surface area contributed by atoms with Crippen LogP contribution in [0.1, 0.15) is 20.3 Å². The fourth-order valence-corrected chi connectivity index (χ4v) is 2.85. The zero-order chi connectivity index (χ0) is 12.4. The molecule has 1 aliphatic heterocycles. The van der Waals surface area contributed by atoms with E-state index in [9.17, 15) is 5.11 Å². The van der Waals surface area contributed by atoms with Crippen LogP contribution in [0.25, 0.3) is 0 Å². The van der Waals surface area contributed by atoms with Crippen molar-refractivity contribution in [2.75, 3.05) is 18.6 Å². The van der Waals surface area contributed by atoms with Gasteiger partial charge in [-0.25, -0.2) is 0 Å². The summed E-state index contributed by atoms with van der Waals surface area (Å²) in [6.45, 7) is 4.68. The highest BCUT2D eigenvalue weighted by atomic mass is 16.5. The van der Waals surface area contributed by atoms with Gasteiger partial charge in [-0.15, -0.1) is 0 Å². The molecule has 0 bridgehead atoms. The van der Waals surface area contributed by atoms with Gasteiger partial charge in [0.2, 0.25) is 0 Å². The molecule has 1 aromatic rings. The first-order valence-electron chi connectivity index (χ1n) is 6.20. The lowest BCUT2D eigenvalue weighted by molar-refractivity contribution is 0.220. The Morgan fingerprint density at radius 1 is 1.29 bits per heavy atom. The van der Waals surface area contributed by atoms with Gasteiger partial charge in [0.25, 0.3) is 0 Å². The zero-order valence-corrected chi connectivity index (χ0v) is 10.8. The number of aliphatic hydroxyl groups is 1. The van der Waals surface area contributed by atoms with E-state index in [-0.39, 0.29) is 6.61 Å². The van der Waals surface area contributed by atoms with Gasteiger partial charge in [0, 0.05) is 30.3 Å². The second-order valence-corrected chi connectivity index (χ2v) is 4.87. The summed E-state index contributed by atoms with van der Waals surface area (Å²) in [5, 5.41) is 9.35. The van der Waals surface area contributed by atoms with Gasteiger partial charge < -0.3 is 14.7 Å². The Morgan fingerprint density at radius 3 is 2.41 bits per heavy atom. The minimum atomic E-state index is 0.276. The standard InChI is InChI=1S/C14H21NO2/c1-10-8-12(9-16)11(2)15(10)13-4-6-14(17-3)7-5-13/h4-7,10-12,16H,8-9H2,1-3H3. The number of anilines is 1. The molecule has 3 nitrogen and oxygen atoms in total. The van der Waals surface area contributed by atoms with E-state index in [4.69, 9.17) is 4.74 Å². The van der Waals surface area contributed by atoms with Crippen LogP contribution in [-0.4, -0.2) is 30.9 Å². The van der Waals surface area contributed by atoms with Gasteiger partial charge >= 0.3 is 0 Å². The molecule has 2 rings (SSSR count). The molecular formula is C14H21NO2. The van der Waals surface area contributed by atoms with Crippen molar-refractivity contribution in [1.82, 2.24) is 0 Å². The van der Waals surface area contributed by atoms with Crippen LogP contribution in [0.2, 0.25) is 0 Å². The number of methoxy groups -OCH3 is 1.